The smallest absolute Gasteiger partial charge is 0.387 e. The second-order valence-corrected chi connectivity index (χ2v) is 15.3. The Balaban J connectivity index is 4.05. The molecule has 0 aliphatic rings. The minimum Gasteiger partial charge on any atom is -0.387 e. The average Bonchev–Trinajstić information content (AvgIpc) is 3.10. The molecule has 50 heavy (non-hydrogen) atoms. The van der Waals surface area contributed by atoms with Crippen molar-refractivity contribution in [2.75, 3.05) is 19.8 Å². The van der Waals surface area contributed by atoms with Crippen LogP contribution in [0.5, 0.6) is 0 Å². The quantitative estimate of drug-likeness (QED) is 0.0283. The summed E-state index contributed by atoms with van der Waals surface area (Å²) >= 11 is 0. The minimum atomic E-state index is -4.34. The van der Waals surface area contributed by atoms with Gasteiger partial charge < -0.3 is 21.1 Å². The topological polar surface area (TPSA) is 131 Å². The van der Waals surface area contributed by atoms with E-state index in [2.05, 4.69) is 30.5 Å². The van der Waals surface area contributed by atoms with Crippen LogP contribution in [0.25, 0.3) is 0 Å². The third-order valence-electron chi connectivity index (χ3n) is 9.04. The van der Waals surface area contributed by atoms with E-state index in [4.69, 9.17) is 14.8 Å². The molecule has 0 aliphatic carbocycles. The van der Waals surface area contributed by atoms with Crippen molar-refractivity contribution in [2.24, 2.45) is 5.73 Å². The van der Waals surface area contributed by atoms with Gasteiger partial charge in [-0.25, -0.2) is 4.57 Å². The number of phosphoric ester groups is 1. The van der Waals surface area contributed by atoms with Crippen LogP contribution in [-0.2, 0) is 18.4 Å². The van der Waals surface area contributed by atoms with E-state index < -0.39 is 20.0 Å². The summed E-state index contributed by atoms with van der Waals surface area (Å²) in [6, 6.07) is -0.878. The van der Waals surface area contributed by atoms with Gasteiger partial charge in [-0.05, 0) is 39.0 Å². The molecular weight excluding hydrogens is 647 g/mol. The molecular formula is C41H79N2O6P. The Morgan fingerprint density at radius 1 is 0.680 bits per heavy atom. The monoisotopic (exact) mass is 727 g/mol. The van der Waals surface area contributed by atoms with Crippen LogP contribution in [0.1, 0.15) is 187 Å². The average molecular weight is 727 g/mol. The number of nitrogens with two attached hydrogens (primary N) is 1. The predicted octanol–water partition coefficient (Wildman–Crippen LogP) is 11.2. The maximum Gasteiger partial charge on any atom is 0.472 e. The molecule has 5 N–H and O–H groups in total. The zero-order valence-corrected chi connectivity index (χ0v) is 33.3. The van der Waals surface area contributed by atoms with E-state index in [9.17, 15) is 19.4 Å². The number of allylic oxidation sites excluding steroid dienone is 5. The van der Waals surface area contributed by atoms with Crippen molar-refractivity contribution in [3.05, 3.63) is 36.5 Å². The molecule has 0 saturated carbocycles. The van der Waals surface area contributed by atoms with Crippen LogP contribution in [0.4, 0.5) is 0 Å². The maximum atomic E-state index is 12.7. The van der Waals surface area contributed by atoms with Crippen LogP contribution in [0.15, 0.2) is 36.5 Å². The molecule has 0 aromatic rings. The minimum absolute atomic E-state index is 0.0721. The van der Waals surface area contributed by atoms with Gasteiger partial charge in [-0.1, -0.05) is 178 Å². The van der Waals surface area contributed by atoms with Crippen molar-refractivity contribution in [1.82, 2.24) is 5.32 Å². The first-order chi connectivity index (χ1) is 24.4. The number of rotatable bonds is 38. The molecule has 0 aromatic carbocycles. The van der Waals surface area contributed by atoms with E-state index in [-0.39, 0.29) is 25.7 Å². The second kappa shape index (κ2) is 37.5. The van der Waals surface area contributed by atoms with Crippen molar-refractivity contribution < 1.29 is 28.4 Å². The van der Waals surface area contributed by atoms with Gasteiger partial charge in [-0.15, -0.1) is 0 Å². The molecule has 8 nitrogen and oxygen atoms in total. The lowest BCUT2D eigenvalue weighted by molar-refractivity contribution is -0.123. The summed E-state index contributed by atoms with van der Waals surface area (Å²) in [5.41, 5.74) is 5.35. The molecule has 294 valence electrons. The summed E-state index contributed by atoms with van der Waals surface area (Å²) in [5.74, 6) is -0.209. The number of phosphoric acid groups is 1. The normalized spacial score (nSPS) is 14.6. The van der Waals surface area contributed by atoms with Crippen LogP contribution < -0.4 is 11.1 Å². The van der Waals surface area contributed by atoms with E-state index in [1.807, 2.05) is 19.1 Å². The van der Waals surface area contributed by atoms with Crippen LogP contribution in [0, 0.1) is 0 Å². The molecule has 0 radical (unpaired) electrons. The van der Waals surface area contributed by atoms with Crippen LogP contribution in [-0.4, -0.2) is 47.8 Å². The summed E-state index contributed by atoms with van der Waals surface area (Å²) in [5, 5.41) is 13.5. The third-order valence-corrected chi connectivity index (χ3v) is 10.0. The summed E-state index contributed by atoms with van der Waals surface area (Å²) < 4.78 is 22.0. The highest BCUT2D eigenvalue weighted by Crippen LogP contribution is 2.43. The van der Waals surface area contributed by atoms with Gasteiger partial charge in [-0.3, -0.25) is 13.8 Å². The van der Waals surface area contributed by atoms with Gasteiger partial charge in [-0.2, -0.15) is 0 Å². The maximum absolute atomic E-state index is 12.7. The molecule has 0 spiro atoms. The second-order valence-electron chi connectivity index (χ2n) is 13.8. The van der Waals surface area contributed by atoms with E-state index >= 15 is 0 Å². The standard InChI is InChI=1S/C41H79N2O6P/c1-3-5-7-9-11-13-14-15-16-17-18-19-20-21-22-23-24-25-27-29-31-33-35-41(45)43-39(38-49-50(46,47)48-37-36-42)40(44)34-32-30-28-26-12-10-8-6-4-2/h4,6,12,26,32,34,39-40,44H,3,5,7-11,13-25,27-31,33,35-38,42H2,1-2H3,(H,43,45)(H,46,47)/b6-4+,26-12+,34-32+. The summed E-state index contributed by atoms with van der Waals surface area (Å²) in [7, 11) is -4.34. The molecule has 0 aromatic heterocycles. The van der Waals surface area contributed by atoms with E-state index in [0.29, 0.717) is 6.42 Å². The van der Waals surface area contributed by atoms with Crippen molar-refractivity contribution in [2.45, 2.75) is 199 Å². The lowest BCUT2D eigenvalue weighted by Crippen LogP contribution is -2.45. The molecule has 0 aliphatic heterocycles. The van der Waals surface area contributed by atoms with Crippen molar-refractivity contribution in [1.29, 1.82) is 0 Å². The molecule has 0 heterocycles. The first kappa shape index (κ1) is 48.7. The number of carbonyl (C=O) groups is 1. The Morgan fingerprint density at radius 3 is 1.54 bits per heavy atom. The number of unbranched alkanes of at least 4 members (excludes halogenated alkanes) is 23. The molecule has 0 bridgehead atoms. The fourth-order valence-corrected chi connectivity index (χ4v) is 6.70. The van der Waals surface area contributed by atoms with Gasteiger partial charge >= 0.3 is 7.82 Å². The lowest BCUT2D eigenvalue weighted by atomic mass is 10.0. The SMILES string of the molecule is C/C=C/CC/C=C/CC/C=C/C(O)C(COP(=O)(O)OCCN)NC(=O)CCCCCCCCCCCCCCCCCCCCCCCC. The van der Waals surface area contributed by atoms with Gasteiger partial charge in [0.05, 0.1) is 25.4 Å². The first-order valence-electron chi connectivity index (χ1n) is 20.6. The van der Waals surface area contributed by atoms with Crippen molar-refractivity contribution >= 4 is 13.7 Å². The molecule has 9 heteroatoms. The zero-order chi connectivity index (χ0) is 36.8. The van der Waals surface area contributed by atoms with Crippen molar-refractivity contribution in [3.63, 3.8) is 0 Å². The molecule has 0 saturated heterocycles. The van der Waals surface area contributed by atoms with Gasteiger partial charge in [0.25, 0.3) is 0 Å². The van der Waals surface area contributed by atoms with Crippen LogP contribution in [0.3, 0.4) is 0 Å². The Hall–Kier alpha value is -1.28. The van der Waals surface area contributed by atoms with E-state index in [1.165, 1.54) is 122 Å². The lowest BCUT2D eigenvalue weighted by Gasteiger charge is -2.23. The number of carbonyl (C=O) groups excluding carboxylic acids is 1. The molecule has 0 fully saturated rings. The van der Waals surface area contributed by atoms with Gasteiger partial charge in [0.2, 0.25) is 5.91 Å². The van der Waals surface area contributed by atoms with Crippen LogP contribution >= 0.6 is 7.82 Å². The fourth-order valence-electron chi connectivity index (χ4n) is 5.94. The van der Waals surface area contributed by atoms with E-state index in [1.54, 1.807) is 6.08 Å². The van der Waals surface area contributed by atoms with Gasteiger partial charge in [0.15, 0.2) is 0 Å². The number of aliphatic hydroxyl groups is 1. The van der Waals surface area contributed by atoms with Gasteiger partial charge in [0, 0.05) is 13.0 Å². The summed E-state index contributed by atoms with van der Waals surface area (Å²) in [6.45, 7) is 3.87. The number of hydrogen-bond donors (Lipinski definition) is 4. The summed E-state index contributed by atoms with van der Waals surface area (Å²) in [4.78, 5) is 22.6. The fraction of sp³-hybridized carbons (Fsp3) is 0.829. The first-order valence-corrected chi connectivity index (χ1v) is 22.1. The molecule has 1 amide bonds. The zero-order valence-electron chi connectivity index (χ0n) is 32.4. The Bertz CT molecular complexity index is 881. The Morgan fingerprint density at radius 2 is 1.10 bits per heavy atom. The number of amides is 1. The molecule has 3 atom stereocenters. The molecule has 0 rings (SSSR count). The third kappa shape index (κ3) is 35.1. The highest BCUT2D eigenvalue weighted by Gasteiger charge is 2.26. The number of hydrogen-bond acceptors (Lipinski definition) is 6. The Kier molecular flexibility index (Phi) is 36.5. The van der Waals surface area contributed by atoms with Gasteiger partial charge in [0.1, 0.15) is 0 Å². The molecule has 3 unspecified atom stereocenters. The Labute approximate surface area is 308 Å². The van der Waals surface area contributed by atoms with Crippen molar-refractivity contribution in [3.8, 4) is 0 Å². The highest BCUT2D eigenvalue weighted by molar-refractivity contribution is 7.47. The van der Waals surface area contributed by atoms with E-state index in [0.717, 1.165) is 44.9 Å². The predicted molar refractivity (Wildman–Crippen MR) is 212 cm³/mol. The summed E-state index contributed by atoms with van der Waals surface area (Å²) in [6.07, 6.45) is 43.7. The largest absolute Gasteiger partial charge is 0.472 e. The number of aliphatic hydroxyl groups excluding tert-OH is 1. The highest BCUT2D eigenvalue weighted by atomic mass is 31.2. The van der Waals surface area contributed by atoms with Crippen LogP contribution in [0.2, 0.25) is 0 Å². The number of nitrogens with one attached hydrogen (secondary N) is 1.